The molecule has 0 saturated heterocycles. The van der Waals surface area contributed by atoms with Gasteiger partial charge >= 0.3 is 0 Å². The van der Waals surface area contributed by atoms with E-state index in [-0.39, 0.29) is 5.91 Å². The molecule has 1 amide bonds. The van der Waals surface area contributed by atoms with Crippen molar-refractivity contribution >= 4 is 29.2 Å². The van der Waals surface area contributed by atoms with Crippen molar-refractivity contribution in [1.29, 1.82) is 0 Å². The molecule has 0 unspecified atom stereocenters. The Labute approximate surface area is 171 Å². The molecule has 150 valence electrons. The first-order valence-corrected chi connectivity index (χ1v) is 9.53. The molecule has 2 aromatic carbocycles. The van der Waals surface area contributed by atoms with Crippen LogP contribution in [0, 0.1) is 6.92 Å². The number of aliphatic imine (C=N–C) groups is 1. The number of carbonyl (C=O) groups excluding carboxylic acids is 1. The average molecular weight is 403 g/mol. The Hall–Kier alpha value is -2.73. The SMILES string of the molecule is CN=C(NCCC(=O)Nc1ccc(C)cc1Cl)NCCc1ccc(OC)cc1. The molecule has 0 radical (unpaired) electrons. The van der Waals surface area contributed by atoms with Crippen molar-refractivity contribution in [3.8, 4) is 5.75 Å². The summed E-state index contributed by atoms with van der Waals surface area (Å²) in [6.07, 6.45) is 1.17. The lowest BCUT2D eigenvalue weighted by molar-refractivity contribution is -0.116. The Morgan fingerprint density at radius 2 is 1.82 bits per heavy atom. The molecular formula is C21H27ClN4O2. The molecule has 2 aromatic rings. The van der Waals surface area contributed by atoms with Crippen molar-refractivity contribution < 1.29 is 9.53 Å². The molecule has 3 N–H and O–H groups in total. The first-order valence-electron chi connectivity index (χ1n) is 9.15. The Bertz CT molecular complexity index is 807. The highest BCUT2D eigenvalue weighted by Crippen LogP contribution is 2.22. The van der Waals surface area contributed by atoms with E-state index in [9.17, 15) is 4.79 Å². The summed E-state index contributed by atoms with van der Waals surface area (Å²) in [6, 6.07) is 13.5. The first-order chi connectivity index (χ1) is 13.5. The maximum absolute atomic E-state index is 12.1. The van der Waals surface area contributed by atoms with E-state index in [4.69, 9.17) is 16.3 Å². The van der Waals surface area contributed by atoms with Crippen LogP contribution >= 0.6 is 11.6 Å². The van der Waals surface area contributed by atoms with E-state index in [2.05, 4.69) is 20.9 Å². The molecule has 0 atom stereocenters. The fraction of sp³-hybridized carbons (Fsp3) is 0.333. The molecular weight excluding hydrogens is 376 g/mol. The van der Waals surface area contributed by atoms with Gasteiger partial charge < -0.3 is 20.7 Å². The number of hydrogen-bond acceptors (Lipinski definition) is 3. The van der Waals surface area contributed by atoms with Gasteiger partial charge in [0.25, 0.3) is 0 Å². The summed E-state index contributed by atoms with van der Waals surface area (Å²) in [5.41, 5.74) is 2.88. The molecule has 6 nitrogen and oxygen atoms in total. The Kier molecular flexibility index (Phi) is 8.62. The third-order valence-corrected chi connectivity index (χ3v) is 4.44. The number of amides is 1. The Morgan fingerprint density at radius 3 is 2.46 bits per heavy atom. The highest BCUT2D eigenvalue weighted by Gasteiger charge is 2.06. The summed E-state index contributed by atoms with van der Waals surface area (Å²) in [7, 11) is 3.36. The second-order valence-corrected chi connectivity index (χ2v) is 6.71. The Balaban J connectivity index is 1.69. The van der Waals surface area contributed by atoms with Gasteiger partial charge in [0, 0.05) is 26.6 Å². The van der Waals surface area contributed by atoms with E-state index in [1.54, 1.807) is 14.2 Å². The second-order valence-electron chi connectivity index (χ2n) is 6.31. The van der Waals surface area contributed by atoms with Gasteiger partial charge in [-0.25, -0.2) is 0 Å². The van der Waals surface area contributed by atoms with Crippen LogP contribution < -0.4 is 20.7 Å². The number of aryl methyl sites for hydroxylation is 1. The van der Waals surface area contributed by atoms with Crippen LogP contribution in [0.5, 0.6) is 5.75 Å². The van der Waals surface area contributed by atoms with Gasteiger partial charge in [0.05, 0.1) is 17.8 Å². The molecule has 28 heavy (non-hydrogen) atoms. The number of rotatable bonds is 8. The van der Waals surface area contributed by atoms with Crippen LogP contribution in [0.15, 0.2) is 47.5 Å². The van der Waals surface area contributed by atoms with Crippen LogP contribution in [0.25, 0.3) is 0 Å². The first kappa shape index (κ1) is 21.6. The topological polar surface area (TPSA) is 74.8 Å². The van der Waals surface area contributed by atoms with Crippen LogP contribution in [0.2, 0.25) is 5.02 Å². The third kappa shape index (κ3) is 7.12. The van der Waals surface area contributed by atoms with Gasteiger partial charge in [0.2, 0.25) is 5.91 Å². The number of halogens is 1. The van der Waals surface area contributed by atoms with E-state index in [0.717, 1.165) is 24.3 Å². The summed E-state index contributed by atoms with van der Waals surface area (Å²) in [6.45, 7) is 3.16. The lowest BCUT2D eigenvalue weighted by Crippen LogP contribution is -2.39. The van der Waals surface area contributed by atoms with Crippen molar-refractivity contribution in [2.24, 2.45) is 4.99 Å². The van der Waals surface area contributed by atoms with Crippen molar-refractivity contribution in [2.75, 3.05) is 32.6 Å². The minimum atomic E-state index is -0.105. The van der Waals surface area contributed by atoms with Crippen molar-refractivity contribution in [1.82, 2.24) is 10.6 Å². The number of benzene rings is 2. The maximum atomic E-state index is 12.1. The van der Waals surface area contributed by atoms with Crippen molar-refractivity contribution in [3.63, 3.8) is 0 Å². The highest BCUT2D eigenvalue weighted by atomic mass is 35.5. The number of carbonyl (C=O) groups is 1. The van der Waals surface area contributed by atoms with Gasteiger partial charge in [0.1, 0.15) is 5.75 Å². The van der Waals surface area contributed by atoms with Crippen LogP contribution in [-0.4, -0.2) is 39.1 Å². The summed E-state index contributed by atoms with van der Waals surface area (Å²) >= 11 is 6.14. The molecule has 0 heterocycles. The minimum absolute atomic E-state index is 0.105. The monoisotopic (exact) mass is 402 g/mol. The lowest BCUT2D eigenvalue weighted by atomic mass is 10.1. The van der Waals surface area contributed by atoms with Gasteiger partial charge in [-0.2, -0.15) is 0 Å². The average Bonchev–Trinajstić information content (AvgIpc) is 2.69. The number of nitrogens with one attached hydrogen (secondary N) is 3. The third-order valence-electron chi connectivity index (χ3n) is 4.13. The molecule has 0 bridgehead atoms. The number of anilines is 1. The summed E-state index contributed by atoms with van der Waals surface area (Å²) in [5.74, 6) is 1.40. The molecule has 0 fully saturated rings. The smallest absolute Gasteiger partial charge is 0.226 e. The zero-order valence-electron chi connectivity index (χ0n) is 16.5. The van der Waals surface area contributed by atoms with E-state index in [1.165, 1.54) is 5.56 Å². The number of ether oxygens (including phenoxy) is 1. The quantitative estimate of drug-likeness (QED) is 0.467. The van der Waals surface area contributed by atoms with Crippen LogP contribution in [0.3, 0.4) is 0 Å². The number of nitrogens with zero attached hydrogens (tertiary/aromatic N) is 1. The van der Waals surface area contributed by atoms with E-state index >= 15 is 0 Å². The molecule has 0 spiro atoms. The maximum Gasteiger partial charge on any atom is 0.226 e. The van der Waals surface area contributed by atoms with Crippen molar-refractivity contribution in [3.05, 3.63) is 58.6 Å². The zero-order chi connectivity index (χ0) is 20.4. The van der Waals surface area contributed by atoms with E-state index < -0.39 is 0 Å². The fourth-order valence-corrected chi connectivity index (χ4v) is 2.85. The molecule has 7 heteroatoms. The minimum Gasteiger partial charge on any atom is -0.497 e. The number of hydrogen-bond donors (Lipinski definition) is 3. The van der Waals surface area contributed by atoms with Crippen LogP contribution in [-0.2, 0) is 11.2 Å². The van der Waals surface area contributed by atoms with Gasteiger partial charge in [-0.1, -0.05) is 29.8 Å². The van der Waals surface area contributed by atoms with Crippen LogP contribution in [0.4, 0.5) is 5.69 Å². The molecule has 0 saturated carbocycles. The predicted molar refractivity (Wildman–Crippen MR) is 115 cm³/mol. The van der Waals surface area contributed by atoms with E-state index in [1.807, 2.05) is 49.4 Å². The zero-order valence-corrected chi connectivity index (χ0v) is 17.3. The molecule has 0 aromatic heterocycles. The Morgan fingerprint density at radius 1 is 1.11 bits per heavy atom. The molecule has 0 aliphatic heterocycles. The largest absolute Gasteiger partial charge is 0.497 e. The van der Waals surface area contributed by atoms with E-state index in [0.29, 0.717) is 29.6 Å². The summed E-state index contributed by atoms with van der Waals surface area (Å²) < 4.78 is 5.16. The van der Waals surface area contributed by atoms with Gasteiger partial charge in [-0.3, -0.25) is 9.79 Å². The normalized spacial score (nSPS) is 11.1. The second kappa shape index (κ2) is 11.2. The van der Waals surface area contributed by atoms with Gasteiger partial charge in [-0.05, 0) is 48.7 Å². The van der Waals surface area contributed by atoms with Gasteiger partial charge in [-0.15, -0.1) is 0 Å². The molecule has 2 rings (SSSR count). The molecule has 0 aliphatic rings. The standard InChI is InChI=1S/C21H27ClN4O2/c1-15-4-9-19(18(22)14-15)26-20(27)11-13-25-21(23-2)24-12-10-16-5-7-17(28-3)8-6-16/h4-9,14H,10-13H2,1-3H3,(H,26,27)(H2,23,24,25). The summed E-state index contributed by atoms with van der Waals surface area (Å²) in [4.78, 5) is 16.3. The predicted octanol–water partition coefficient (Wildman–Crippen LogP) is 3.39. The fourth-order valence-electron chi connectivity index (χ4n) is 2.57. The lowest BCUT2D eigenvalue weighted by Gasteiger charge is -2.12. The highest BCUT2D eigenvalue weighted by molar-refractivity contribution is 6.33. The van der Waals surface area contributed by atoms with Crippen molar-refractivity contribution in [2.45, 2.75) is 19.8 Å². The van der Waals surface area contributed by atoms with Crippen LogP contribution in [0.1, 0.15) is 17.5 Å². The number of methoxy groups -OCH3 is 1. The number of guanidine groups is 1. The van der Waals surface area contributed by atoms with Gasteiger partial charge in [0.15, 0.2) is 5.96 Å². The molecule has 0 aliphatic carbocycles. The summed E-state index contributed by atoms with van der Waals surface area (Å²) in [5, 5.41) is 9.74.